The van der Waals surface area contributed by atoms with Crippen LogP contribution in [0, 0.1) is 0 Å². The minimum atomic E-state index is -0.893. The van der Waals surface area contributed by atoms with Crippen LogP contribution in [0.2, 0.25) is 0 Å². The van der Waals surface area contributed by atoms with Crippen molar-refractivity contribution in [2.24, 2.45) is 0 Å². The van der Waals surface area contributed by atoms with E-state index < -0.39 is 5.97 Å². The average Bonchev–Trinajstić information content (AvgIpc) is 2.93. The number of phenolic OH excluding ortho intramolecular Hbond substituents is 2. The third-order valence-corrected chi connectivity index (χ3v) is 3.39. The summed E-state index contributed by atoms with van der Waals surface area (Å²) in [5, 5.41) is 30.1. The van der Waals surface area contributed by atoms with Crippen molar-refractivity contribution in [3.63, 3.8) is 0 Å². The zero-order valence-electron chi connectivity index (χ0n) is 12.4. The van der Waals surface area contributed by atoms with Crippen LogP contribution in [-0.4, -0.2) is 32.2 Å². The molecule has 0 aliphatic carbocycles. The Kier molecular flexibility index (Phi) is 5.24. The van der Waals surface area contributed by atoms with E-state index in [0.29, 0.717) is 18.7 Å². The Bertz CT molecular complexity index is 708. The molecule has 2 rings (SSSR count). The number of carbonyl (C=O) groups excluding carboxylic acids is 1. The maximum Gasteiger partial charge on any atom is 0.303 e. The Morgan fingerprint density at radius 2 is 1.83 bits per heavy atom. The normalized spacial score (nSPS) is 10.4. The molecule has 1 aromatic carbocycles. The van der Waals surface area contributed by atoms with Crippen molar-refractivity contribution in [1.29, 1.82) is 0 Å². The molecule has 23 heavy (non-hydrogen) atoms. The molecular weight excluding hydrogens is 300 g/mol. The van der Waals surface area contributed by atoms with Crippen molar-refractivity contribution in [2.45, 2.75) is 25.7 Å². The largest absolute Gasteiger partial charge is 0.504 e. The first-order chi connectivity index (χ1) is 11.0. The molecule has 0 bridgehead atoms. The summed E-state index contributed by atoms with van der Waals surface area (Å²) in [5.74, 6) is -1.03. The topological polar surface area (TPSA) is 123 Å². The third-order valence-electron chi connectivity index (χ3n) is 3.39. The van der Waals surface area contributed by atoms with E-state index in [0.717, 1.165) is 11.1 Å². The molecule has 0 saturated carbocycles. The van der Waals surface area contributed by atoms with Crippen LogP contribution in [0.3, 0.4) is 0 Å². The van der Waals surface area contributed by atoms with Crippen LogP contribution in [0.1, 0.15) is 24.0 Å². The SMILES string of the molecule is O=C(O)CCc1cc[nH]c1NC(=O)CCc1ccc(O)c(O)c1. The van der Waals surface area contributed by atoms with E-state index in [1.807, 2.05) is 0 Å². The average molecular weight is 318 g/mol. The van der Waals surface area contributed by atoms with Gasteiger partial charge in [-0.05, 0) is 42.2 Å². The number of nitrogens with one attached hydrogen (secondary N) is 2. The fraction of sp³-hybridized carbons (Fsp3) is 0.250. The van der Waals surface area contributed by atoms with Crippen molar-refractivity contribution in [3.05, 3.63) is 41.6 Å². The molecular formula is C16H18N2O5. The molecule has 0 radical (unpaired) electrons. The number of carboxylic acids is 1. The molecule has 0 aliphatic heterocycles. The van der Waals surface area contributed by atoms with Gasteiger partial charge in [0, 0.05) is 19.0 Å². The van der Waals surface area contributed by atoms with Crippen LogP contribution in [0.25, 0.3) is 0 Å². The molecule has 7 heteroatoms. The molecule has 0 spiro atoms. The van der Waals surface area contributed by atoms with Gasteiger partial charge in [0.05, 0.1) is 0 Å². The van der Waals surface area contributed by atoms with Crippen molar-refractivity contribution in [2.75, 3.05) is 5.32 Å². The molecule has 5 N–H and O–H groups in total. The van der Waals surface area contributed by atoms with E-state index in [9.17, 15) is 19.8 Å². The number of anilines is 1. The lowest BCUT2D eigenvalue weighted by Gasteiger charge is -2.07. The molecule has 0 aliphatic rings. The number of carboxylic acid groups (broad SMARTS) is 1. The fourth-order valence-electron chi connectivity index (χ4n) is 2.15. The van der Waals surface area contributed by atoms with Crippen LogP contribution in [0.4, 0.5) is 5.82 Å². The Morgan fingerprint density at radius 3 is 2.52 bits per heavy atom. The highest BCUT2D eigenvalue weighted by molar-refractivity contribution is 5.90. The number of rotatable bonds is 7. The van der Waals surface area contributed by atoms with Gasteiger partial charge in [-0.15, -0.1) is 0 Å². The highest BCUT2D eigenvalue weighted by Gasteiger charge is 2.10. The molecule has 2 aromatic rings. The molecule has 0 saturated heterocycles. The number of H-pyrrole nitrogens is 1. The second-order valence-corrected chi connectivity index (χ2v) is 5.14. The van der Waals surface area contributed by atoms with Gasteiger partial charge in [0.1, 0.15) is 5.82 Å². The summed E-state index contributed by atoms with van der Waals surface area (Å²) in [6, 6.07) is 6.15. The van der Waals surface area contributed by atoms with Gasteiger partial charge < -0.3 is 25.6 Å². The highest BCUT2D eigenvalue weighted by atomic mass is 16.4. The van der Waals surface area contributed by atoms with E-state index in [1.54, 1.807) is 18.3 Å². The molecule has 0 fully saturated rings. The molecule has 0 atom stereocenters. The van der Waals surface area contributed by atoms with Crippen molar-refractivity contribution in [1.82, 2.24) is 4.98 Å². The van der Waals surface area contributed by atoms with Crippen LogP contribution in [-0.2, 0) is 22.4 Å². The number of aliphatic carboxylic acids is 1. The number of hydrogen-bond donors (Lipinski definition) is 5. The summed E-state index contributed by atoms with van der Waals surface area (Å²) < 4.78 is 0. The van der Waals surface area contributed by atoms with E-state index in [-0.39, 0.29) is 30.2 Å². The van der Waals surface area contributed by atoms with Crippen LogP contribution in [0.15, 0.2) is 30.5 Å². The number of aromatic nitrogens is 1. The lowest BCUT2D eigenvalue weighted by atomic mass is 10.1. The zero-order valence-corrected chi connectivity index (χ0v) is 12.4. The van der Waals surface area contributed by atoms with Gasteiger partial charge in [0.15, 0.2) is 11.5 Å². The van der Waals surface area contributed by atoms with E-state index in [2.05, 4.69) is 10.3 Å². The first-order valence-electron chi connectivity index (χ1n) is 7.14. The maximum atomic E-state index is 12.0. The first kappa shape index (κ1) is 16.4. The van der Waals surface area contributed by atoms with E-state index in [4.69, 9.17) is 5.11 Å². The minimum Gasteiger partial charge on any atom is -0.504 e. The molecule has 122 valence electrons. The van der Waals surface area contributed by atoms with Crippen molar-refractivity contribution >= 4 is 17.7 Å². The molecule has 0 unspecified atom stereocenters. The second kappa shape index (κ2) is 7.35. The summed E-state index contributed by atoms with van der Waals surface area (Å²) in [5.41, 5.74) is 1.47. The monoisotopic (exact) mass is 318 g/mol. The van der Waals surface area contributed by atoms with E-state index in [1.165, 1.54) is 12.1 Å². The van der Waals surface area contributed by atoms with E-state index >= 15 is 0 Å². The Morgan fingerprint density at radius 1 is 1.04 bits per heavy atom. The number of aromatic hydroxyl groups is 2. The summed E-state index contributed by atoms with van der Waals surface area (Å²) >= 11 is 0. The summed E-state index contributed by atoms with van der Waals surface area (Å²) in [6.07, 6.45) is 2.57. The predicted molar refractivity (Wildman–Crippen MR) is 83.5 cm³/mol. The number of hydrogen-bond acceptors (Lipinski definition) is 4. The number of aromatic amines is 1. The van der Waals surface area contributed by atoms with Crippen molar-refractivity contribution < 1.29 is 24.9 Å². The molecule has 1 amide bonds. The lowest BCUT2D eigenvalue weighted by molar-refractivity contribution is -0.136. The van der Waals surface area contributed by atoms with Gasteiger partial charge >= 0.3 is 5.97 Å². The fourth-order valence-corrected chi connectivity index (χ4v) is 2.15. The maximum absolute atomic E-state index is 12.0. The van der Waals surface area contributed by atoms with Gasteiger partial charge in [0.25, 0.3) is 0 Å². The quantitative estimate of drug-likeness (QED) is 0.500. The van der Waals surface area contributed by atoms with Crippen LogP contribution in [0.5, 0.6) is 11.5 Å². The summed E-state index contributed by atoms with van der Waals surface area (Å²) in [6.45, 7) is 0. The summed E-state index contributed by atoms with van der Waals surface area (Å²) in [7, 11) is 0. The number of benzene rings is 1. The van der Waals surface area contributed by atoms with Gasteiger partial charge in [-0.1, -0.05) is 6.07 Å². The molecule has 7 nitrogen and oxygen atoms in total. The third kappa shape index (κ3) is 4.77. The van der Waals surface area contributed by atoms with Crippen LogP contribution >= 0.6 is 0 Å². The van der Waals surface area contributed by atoms with Gasteiger partial charge in [-0.25, -0.2) is 0 Å². The standard InChI is InChI=1S/C16H18N2O5/c19-12-4-1-10(9-13(12)20)2-5-14(21)18-16-11(7-8-17-16)3-6-15(22)23/h1,4,7-9,17,19-20H,2-3,5-6H2,(H,18,21)(H,22,23). The zero-order chi connectivity index (χ0) is 16.8. The number of aryl methyl sites for hydroxylation is 2. The molecule has 1 heterocycles. The number of phenols is 2. The second-order valence-electron chi connectivity index (χ2n) is 5.14. The summed E-state index contributed by atoms with van der Waals surface area (Å²) in [4.78, 5) is 25.4. The minimum absolute atomic E-state index is 0.00644. The predicted octanol–water partition coefficient (Wildman–Crippen LogP) is 2.01. The van der Waals surface area contributed by atoms with Crippen LogP contribution < -0.4 is 5.32 Å². The number of carbonyl (C=O) groups is 2. The Labute approximate surface area is 132 Å². The first-order valence-corrected chi connectivity index (χ1v) is 7.14. The van der Waals surface area contributed by atoms with Gasteiger partial charge in [-0.2, -0.15) is 0 Å². The van der Waals surface area contributed by atoms with Gasteiger partial charge in [-0.3, -0.25) is 9.59 Å². The Hall–Kier alpha value is -2.96. The Balaban J connectivity index is 1.88. The molecule has 1 aromatic heterocycles. The number of amides is 1. The highest BCUT2D eigenvalue weighted by Crippen LogP contribution is 2.25. The lowest BCUT2D eigenvalue weighted by Crippen LogP contribution is -2.14. The smallest absolute Gasteiger partial charge is 0.303 e. The van der Waals surface area contributed by atoms with Crippen molar-refractivity contribution in [3.8, 4) is 11.5 Å². The van der Waals surface area contributed by atoms with Gasteiger partial charge in [0.2, 0.25) is 5.91 Å².